The molecule has 0 unspecified atom stereocenters. The summed E-state index contributed by atoms with van der Waals surface area (Å²) in [5.41, 5.74) is 0. The van der Waals surface area contributed by atoms with Gasteiger partial charge in [-0.1, -0.05) is 23.2 Å². The number of nitrogens with zero attached hydrogens (tertiary/aromatic N) is 4. The number of imidazole rings is 1. The molecular weight excluding hydrogens is 430 g/mol. The van der Waals surface area contributed by atoms with Gasteiger partial charge in [-0.15, -0.1) is 11.3 Å². The Morgan fingerprint density at radius 3 is 2.60 bits per heavy atom. The molecular formula is C12H7Cl2IN4S. The first-order valence-electron chi connectivity index (χ1n) is 5.56. The predicted molar refractivity (Wildman–Crippen MR) is 89.4 cm³/mol. The highest BCUT2D eigenvalue weighted by Crippen LogP contribution is 2.31. The normalized spacial score (nSPS) is 10.9. The molecule has 3 rings (SSSR count). The molecule has 102 valence electrons. The third kappa shape index (κ3) is 3.13. The van der Waals surface area contributed by atoms with Crippen LogP contribution in [0.15, 0.2) is 30.7 Å². The van der Waals surface area contributed by atoms with Crippen LogP contribution in [0, 0.1) is 3.70 Å². The van der Waals surface area contributed by atoms with Gasteiger partial charge in [0.1, 0.15) is 9.53 Å². The monoisotopic (exact) mass is 436 g/mol. The van der Waals surface area contributed by atoms with Crippen LogP contribution in [0.25, 0.3) is 10.7 Å². The molecule has 0 saturated carbocycles. The highest BCUT2D eigenvalue weighted by molar-refractivity contribution is 14.1. The summed E-state index contributed by atoms with van der Waals surface area (Å²) in [7, 11) is 0. The first-order valence-corrected chi connectivity index (χ1v) is 8.22. The van der Waals surface area contributed by atoms with Gasteiger partial charge in [-0.3, -0.25) is 0 Å². The molecule has 0 aliphatic rings. The second-order valence-electron chi connectivity index (χ2n) is 3.94. The summed E-state index contributed by atoms with van der Waals surface area (Å²) < 4.78 is 3.66. The van der Waals surface area contributed by atoms with Crippen molar-refractivity contribution in [1.82, 2.24) is 19.5 Å². The van der Waals surface area contributed by atoms with E-state index in [1.54, 1.807) is 12.4 Å². The van der Waals surface area contributed by atoms with Crippen LogP contribution in [-0.2, 0) is 6.54 Å². The van der Waals surface area contributed by atoms with E-state index in [1.807, 2.05) is 22.9 Å². The molecule has 4 nitrogen and oxygen atoms in total. The summed E-state index contributed by atoms with van der Waals surface area (Å²) in [5.74, 6) is 1.55. The highest BCUT2D eigenvalue weighted by atomic mass is 127. The Hall–Kier alpha value is -0.700. The summed E-state index contributed by atoms with van der Waals surface area (Å²) in [4.78, 5) is 14.0. The summed E-state index contributed by atoms with van der Waals surface area (Å²) in [6.45, 7) is 0.540. The lowest BCUT2D eigenvalue weighted by Gasteiger charge is -2.05. The van der Waals surface area contributed by atoms with Crippen molar-refractivity contribution in [2.24, 2.45) is 0 Å². The summed E-state index contributed by atoms with van der Waals surface area (Å²) in [6, 6.07) is 3.83. The minimum Gasteiger partial charge on any atom is -0.322 e. The zero-order chi connectivity index (χ0) is 14.1. The molecule has 0 amide bonds. The molecule has 3 aromatic rings. The first kappa shape index (κ1) is 14.2. The molecule has 0 aliphatic heterocycles. The number of hydrogen-bond acceptors (Lipinski definition) is 4. The van der Waals surface area contributed by atoms with Crippen molar-refractivity contribution in [1.29, 1.82) is 0 Å². The molecule has 3 aromatic heterocycles. The zero-order valence-electron chi connectivity index (χ0n) is 9.92. The molecule has 0 spiro atoms. The van der Waals surface area contributed by atoms with E-state index in [0.29, 0.717) is 17.4 Å². The van der Waals surface area contributed by atoms with E-state index < -0.39 is 0 Å². The Balaban J connectivity index is 1.95. The molecule has 0 saturated heterocycles. The number of thiophene rings is 1. The molecule has 0 bridgehead atoms. The highest BCUT2D eigenvalue weighted by Gasteiger charge is 2.12. The fourth-order valence-electron chi connectivity index (χ4n) is 1.71. The molecule has 0 atom stereocenters. The molecule has 3 heterocycles. The average Bonchev–Trinajstić information content (AvgIpc) is 2.98. The fraction of sp³-hybridized carbons (Fsp3) is 0.0833. The lowest BCUT2D eigenvalue weighted by molar-refractivity contribution is 0.751. The van der Waals surface area contributed by atoms with Crippen molar-refractivity contribution >= 4 is 57.1 Å². The zero-order valence-corrected chi connectivity index (χ0v) is 14.4. The van der Waals surface area contributed by atoms with E-state index in [1.165, 1.54) is 11.3 Å². The van der Waals surface area contributed by atoms with Crippen molar-refractivity contribution in [2.75, 3.05) is 0 Å². The van der Waals surface area contributed by atoms with Gasteiger partial charge >= 0.3 is 0 Å². The third-order valence-corrected chi connectivity index (χ3v) is 4.47. The minimum atomic E-state index is 0.527. The van der Waals surface area contributed by atoms with E-state index in [9.17, 15) is 0 Å². The Morgan fingerprint density at radius 2 is 1.95 bits per heavy atom. The van der Waals surface area contributed by atoms with Crippen molar-refractivity contribution in [3.05, 3.63) is 49.6 Å². The maximum Gasteiger partial charge on any atom is 0.151 e. The number of aromatic nitrogens is 4. The molecule has 0 aromatic carbocycles. The van der Waals surface area contributed by atoms with Crippen LogP contribution in [0.3, 0.4) is 0 Å². The van der Waals surface area contributed by atoms with Gasteiger partial charge in [0, 0.05) is 18.6 Å². The lowest BCUT2D eigenvalue weighted by Crippen LogP contribution is -2.04. The first-order chi connectivity index (χ1) is 9.61. The maximum absolute atomic E-state index is 5.99. The number of rotatable bonds is 3. The third-order valence-electron chi connectivity index (χ3n) is 2.53. The lowest BCUT2D eigenvalue weighted by atomic mass is 10.4. The molecule has 0 radical (unpaired) electrons. The van der Waals surface area contributed by atoms with Crippen molar-refractivity contribution in [2.45, 2.75) is 6.54 Å². The SMILES string of the molecule is Clc1cnc(Cn2cc(I)nc2-c2ccc(Cl)s2)nc1. The average molecular weight is 437 g/mol. The van der Waals surface area contributed by atoms with Gasteiger partial charge in [0.2, 0.25) is 0 Å². The van der Waals surface area contributed by atoms with Gasteiger partial charge in [0.15, 0.2) is 5.82 Å². The maximum atomic E-state index is 5.99. The van der Waals surface area contributed by atoms with E-state index in [-0.39, 0.29) is 0 Å². The largest absolute Gasteiger partial charge is 0.322 e. The second-order valence-corrected chi connectivity index (χ2v) is 7.19. The summed E-state index contributed by atoms with van der Waals surface area (Å²) >= 11 is 15.5. The second kappa shape index (κ2) is 5.97. The van der Waals surface area contributed by atoms with Crippen LogP contribution in [0.5, 0.6) is 0 Å². The predicted octanol–water partition coefficient (Wildman–Crippen LogP) is 4.36. The van der Waals surface area contributed by atoms with Crippen LogP contribution < -0.4 is 0 Å². The van der Waals surface area contributed by atoms with Gasteiger partial charge in [0.25, 0.3) is 0 Å². The van der Waals surface area contributed by atoms with E-state index in [0.717, 1.165) is 18.7 Å². The Labute approximate surface area is 142 Å². The van der Waals surface area contributed by atoms with Gasteiger partial charge in [-0.05, 0) is 34.7 Å². The van der Waals surface area contributed by atoms with Crippen LogP contribution >= 0.6 is 57.1 Å². The molecule has 8 heteroatoms. The molecule has 0 aliphatic carbocycles. The van der Waals surface area contributed by atoms with Crippen LogP contribution in [-0.4, -0.2) is 19.5 Å². The number of hydrogen-bond donors (Lipinski definition) is 0. The Morgan fingerprint density at radius 1 is 1.20 bits per heavy atom. The smallest absolute Gasteiger partial charge is 0.151 e. The van der Waals surface area contributed by atoms with Gasteiger partial charge < -0.3 is 4.57 Å². The molecule has 0 fully saturated rings. The van der Waals surface area contributed by atoms with E-state index >= 15 is 0 Å². The van der Waals surface area contributed by atoms with Crippen LogP contribution in [0.2, 0.25) is 9.36 Å². The fourth-order valence-corrected chi connectivity index (χ4v) is 3.42. The van der Waals surface area contributed by atoms with Crippen LogP contribution in [0.4, 0.5) is 0 Å². The van der Waals surface area contributed by atoms with Crippen LogP contribution in [0.1, 0.15) is 5.82 Å². The van der Waals surface area contributed by atoms with Crippen molar-refractivity contribution in [3.63, 3.8) is 0 Å². The molecule has 0 N–H and O–H groups in total. The minimum absolute atomic E-state index is 0.527. The van der Waals surface area contributed by atoms with E-state index in [2.05, 4.69) is 37.5 Å². The van der Waals surface area contributed by atoms with Gasteiger partial charge in [-0.25, -0.2) is 15.0 Å². The van der Waals surface area contributed by atoms with Gasteiger partial charge in [0.05, 0.1) is 20.8 Å². The standard InChI is InChI=1S/C12H7Cl2IN4S/c13-7-3-16-11(17-4-7)6-19-5-10(15)18-12(19)8-1-2-9(14)20-8/h1-5H,6H2. The van der Waals surface area contributed by atoms with Gasteiger partial charge in [-0.2, -0.15) is 0 Å². The van der Waals surface area contributed by atoms with Crippen molar-refractivity contribution < 1.29 is 0 Å². The topological polar surface area (TPSA) is 43.6 Å². The summed E-state index contributed by atoms with van der Waals surface area (Å²) in [6.07, 6.45) is 5.14. The Kier molecular flexibility index (Phi) is 4.25. The number of halogens is 3. The van der Waals surface area contributed by atoms with E-state index in [4.69, 9.17) is 23.2 Å². The molecule has 20 heavy (non-hydrogen) atoms. The van der Waals surface area contributed by atoms with Crippen molar-refractivity contribution in [3.8, 4) is 10.7 Å². The quantitative estimate of drug-likeness (QED) is 0.573. The summed E-state index contributed by atoms with van der Waals surface area (Å²) in [5, 5.41) is 0.527. The Bertz CT molecular complexity index is 738.